The van der Waals surface area contributed by atoms with Crippen LogP contribution in [0.3, 0.4) is 0 Å². The molecule has 0 aliphatic heterocycles. The van der Waals surface area contributed by atoms with Crippen molar-refractivity contribution in [2.75, 3.05) is 0 Å². The van der Waals surface area contributed by atoms with Crippen LogP contribution in [0, 0.1) is 5.82 Å². The molecular weight excluding hydrogens is 286 g/mol. The fraction of sp³-hybridized carbons (Fsp3) is 0.111. The lowest BCUT2D eigenvalue weighted by Gasteiger charge is -1.98. The largest absolute Gasteiger partial charge is 0.338 e. The first-order valence-electron chi connectivity index (χ1n) is 4.05. The maximum atomic E-state index is 13.6. The number of hydrogen-bond acceptors (Lipinski definition) is 3. The molecule has 78 valence electrons. The van der Waals surface area contributed by atoms with Gasteiger partial charge in [-0.05, 0) is 28.1 Å². The van der Waals surface area contributed by atoms with Crippen LogP contribution in [0.15, 0.2) is 27.2 Å². The number of hydrogen-bond donors (Lipinski definition) is 0. The molecule has 0 unspecified atom stereocenters. The van der Waals surface area contributed by atoms with Crippen LogP contribution in [-0.4, -0.2) is 10.1 Å². The molecule has 0 aliphatic carbocycles. The molecule has 0 spiro atoms. The zero-order valence-electron chi connectivity index (χ0n) is 7.38. The zero-order valence-corrected chi connectivity index (χ0v) is 9.72. The highest BCUT2D eigenvalue weighted by molar-refractivity contribution is 9.10. The Kier molecular flexibility index (Phi) is 3.02. The van der Waals surface area contributed by atoms with E-state index in [1.165, 1.54) is 0 Å². The summed E-state index contributed by atoms with van der Waals surface area (Å²) in [7, 11) is 0. The van der Waals surface area contributed by atoms with Crippen molar-refractivity contribution in [2.24, 2.45) is 0 Å². The van der Waals surface area contributed by atoms with Gasteiger partial charge >= 0.3 is 0 Å². The predicted molar refractivity (Wildman–Crippen MR) is 56.9 cm³/mol. The number of nitrogens with zero attached hydrogens (tertiary/aromatic N) is 2. The van der Waals surface area contributed by atoms with Gasteiger partial charge < -0.3 is 4.52 Å². The summed E-state index contributed by atoms with van der Waals surface area (Å²) in [5.74, 6) is 0.165. The summed E-state index contributed by atoms with van der Waals surface area (Å²) in [6.45, 7) is 0. The molecule has 0 aliphatic rings. The van der Waals surface area contributed by atoms with Crippen LogP contribution >= 0.6 is 27.5 Å². The summed E-state index contributed by atoms with van der Waals surface area (Å²) < 4.78 is 18.7. The highest BCUT2D eigenvalue weighted by Gasteiger charge is 2.13. The summed E-state index contributed by atoms with van der Waals surface area (Å²) in [5, 5.41) is 3.63. The Hall–Kier alpha value is -0.940. The van der Waals surface area contributed by atoms with Crippen molar-refractivity contribution >= 4 is 27.5 Å². The van der Waals surface area contributed by atoms with Gasteiger partial charge in [-0.25, -0.2) is 4.39 Å². The van der Waals surface area contributed by atoms with E-state index in [1.807, 2.05) is 0 Å². The molecule has 0 bridgehead atoms. The lowest BCUT2D eigenvalue weighted by Crippen LogP contribution is -1.87. The van der Waals surface area contributed by atoms with Crippen molar-refractivity contribution < 1.29 is 8.91 Å². The quantitative estimate of drug-likeness (QED) is 0.796. The second-order valence-electron chi connectivity index (χ2n) is 2.75. The van der Waals surface area contributed by atoms with Gasteiger partial charge in [-0.1, -0.05) is 11.2 Å². The molecule has 0 fully saturated rings. The van der Waals surface area contributed by atoms with Crippen LogP contribution in [0.4, 0.5) is 4.39 Å². The van der Waals surface area contributed by atoms with Gasteiger partial charge in [-0.2, -0.15) is 4.98 Å². The Morgan fingerprint density at radius 3 is 2.93 bits per heavy atom. The van der Waals surface area contributed by atoms with E-state index in [0.29, 0.717) is 4.47 Å². The monoisotopic (exact) mass is 290 g/mol. The number of halogens is 3. The average molecular weight is 292 g/mol. The molecule has 0 N–H and O–H groups in total. The highest BCUT2D eigenvalue weighted by Crippen LogP contribution is 2.25. The summed E-state index contributed by atoms with van der Waals surface area (Å²) in [6.07, 6.45) is 0. The van der Waals surface area contributed by atoms with E-state index in [2.05, 4.69) is 26.1 Å². The number of alkyl halides is 1. The smallest absolute Gasteiger partial charge is 0.241 e. The number of rotatable bonds is 2. The standard InChI is InChI=1S/C9H5BrClFN2O/c10-6-3-1-2-5(8(6)12)9-13-7(4-11)15-14-9/h1-3H,4H2. The number of aromatic nitrogens is 2. The summed E-state index contributed by atoms with van der Waals surface area (Å²) >= 11 is 8.58. The van der Waals surface area contributed by atoms with Crippen molar-refractivity contribution in [3.8, 4) is 11.4 Å². The summed E-state index contributed by atoms with van der Waals surface area (Å²) in [6, 6.07) is 4.86. The van der Waals surface area contributed by atoms with E-state index in [-0.39, 0.29) is 23.2 Å². The van der Waals surface area contributed by atoms with Crippen molar-refractivity contribution in [2.45, 2.75) is 5.88 Å². The first kappa shape index (κ1) is 10.6. The second-order valence-corrected chi connectivity index (χ2v) is 3.87. The summed E-state index contributed by atoms with van der Waals surface area (Å²) in [5.41, 5.74) is 0.282. The Morgan fingerprint density at radius 1 is 1.47 bits per heavy atom. The average Bonchev–Trinajstić information content (AvgIpc) is 2.70. The molecule has 3 nitrogen and oxygen atoms in total. The van der Waals surface area contributed by atoms with E-state index < -0.39 is 5.82 Å². The van der Waals surface area contributed by atoms with E-state index in [1.54, 1.807) is 18.2 Å². The van der Waals surface area contributed by atoms with E-state index >= 15 is 0 Å². The molecule has 0 amide bonds. The molecule has 0 saturated heterocycles. The van der Waals surface area contributed by atoms with Gasteiger partial charge in [0.25, 0.3) is 0 Å². The van der Waals surface area contributed by atoms with E-state index in [4.69, 9.17) is 16.1 Å². The fourth-order valence-corrected chi connectivity index (χ4v) is 1.57. The maximum Gasteiger partial charge on any atom is 0.241 e. The number of benzene rings is 1. The Morgan fingerprint density at radius 2 is 2.27 bits per heavy atom. The van der Waals surface area contributed by atoms with Crippen molar-refractivity contribution in [3.05, 3.63) is 34.4 Å². The van der Waals surface area contributed by atoms with Crippen molar-refractivity contribution in [1.29, 1.82) is 0 Å². The molecule has 1 heterocycles. The van der Waals surface area contributed by atoms with Gasteiger partial charge in [0.1, 0.15) is 11.7 Å². The predicted octanol–water partition coefficient (Wildman–Crippen LogP) is 3.38. The van der Waals surface area contributed by atoms with Gasteiger partial charge in [-0.3, -0.25) is 0 Å². The van der Waals surface area contributed by atoms with Gasteiger partial charge in [0.05, 0.1) is 10.0 Å². The van der Waals surface area contributed by atoms with E-state index in [0.717, 1.165) is 0 Å². The molecule has 0 atom stereocenters. The van der Waals surface area contributed by atoms with Crippen LogP contribution in [-0.2, 0) is 5.88 Å². The maximum absolute atomic E-state index is 13.6. The first-order chi connectivity index (χ1) is 7.22. The van der Waals surface area contributed by atoms with E-state index in [9.17, 15) is 4.39 Å². The zero-order chi connectivity index (χ0) is 10.8. The third-order valence-electron chi connectivity index (χ3n) is 1.77. The minimum atomic E-state index is -0.417. The molecule has 1 aromatic heterocycles. The van der Waals surface area contributed by atoms with Crippen LogP contribution in [0.25, 0.3) is 11.4 Å². The highest BCUT2D eigenvalue weighted by atomic mass is 79.9. The van der Waals surface area contributed by atoms with Gasteiger partial charge in [-0.15, -0.1) is 11.6 Å². The minimum Gasteiger partial charge on any atom is -0.338 e. The summed E-state index contributed by atoms with van der Waals surface area (Å²) in [4.78, 5) is 3.93. The SMILES string of the molecule is Fc1c(Br)cccc1-c1noc(CCl)n1. The second kappa shape index (κ2) is 4.28. The van der Waals surface area contributed by atoms with Crippen LogP contribution < -0.4 is 0 Å². The molecule has 2 rings (SSSR count). The van der Waals surface area contributed by atoms with Crippen molar-refractivity contribution in [1.82, 2.24) is 10.1 Å². The third-order valence-corrected chi connectivity index (χ3v) is 2.62. The molecule has 0 radical (unpaired) electrons. The Bertz CT molecular complexity index is 489. The van der Waals surface area contributed by atoms with Crippen LogP contribution in [0.5, 0.6) is 0 Å². The fourth-order valence-electron chi connectivity index (χ4n) is 1.10. The first-order valence-corrected chi connectivity index (χ1v) is 5.38. The molecule has 0 saturated carbocycles. The normalized spacial score (nSPS) is 10.6. The Balaban J connectivity index is 2.49. The van der Waals surface area contributed by atoms with Gasteiger partial charge in [0.15, 0.2) is 0 Å². The molecule has 15 heavy (non-hydrogen) atoms. The Labute approximate surface area is 98.4 Å². The van der Waals surface area contributed by atoms with Crippen LogP contribution in [0.1, 0.15) is 5.89 Å². The third kappa shape index (κ3) is 2.03. The molecule has 2 aromatic rings. The topological polar surface area (TPSA) is 38.9 Å². The van der Waals surface area contributed by atoms with Crippen LogP contribution in [0.2, 0.25) is 0 Å². The van der Waals surface area contributed by atoms with Crippen molar-refractivity contribution in [3.63, 3.8) is 0 Å². The minimum absolute atomic E-state index is 0.114. The lowest BCUT2D eigenvalue weighted by molar-refractivity contribution is 0.390. The molecule has 6 heteroatoms. The molecule has 1 aromatic carbocycles. The molecular formula is C9H5BrClFN2O. The van der Waals surface area contributed by atoms with Gasteiger partial charge in [0.2, 0.25) is 11.7 Å². The van der Waals surface area contributed by atoms with Gasteiger partial charge in [0, 0.05) is 0 Å². The lowest BCUT2D eigenvalue weighted by atomic mass is 10.2.